The Morgan fingerprint density at radius 3 is 2.81 bits per heavy atom. The molecule has 3 aromatic rings. The molecule has 136 valence electrons. The summed E-state index contributed by atoms with van der Waals surface area (Å²) in [5.74, 6) is 0.109. The smallest absolute Gasteiger partial charge is 0.395 e. The summed E-state index contributed by atoms with van der Waals surface area (Å²) < 4.78 is 35.2. The summed E-state index contributed by atoms with van der Waals surface area (Å²) in [5.41, 5.74) is 3.24. The molecule has 0 aliphatic carbocycles. The van der Waals surface area contributed by atoms with Gasteiger partial charge in [0.1, 0.15) is 0 Å². The number of rotatable bonds is 2. The van der Waals surface area contributed by atoms with Crippen LogP contribution >= 0.6 is 0 Å². The van der Waals surface area contributed by atoms with Crippen molar-refractivity contribution in [3.05, 3.63) is 47.8 Å². The molecule has 0 bridgehead atoms. The van der Waals surface area contributed by atoms with Crippen molar-refractivity contribution in [2.24, 2.45) is 0 Å². The molecule has 7 nitrogen and oxygen atoms in total. The van der Waals surface area contributed by atoms with E-state index < -0.39 is 6.29 Å². The quantitative estimate of drug-likeness (QED) is 0.724. The Labute approximate surface area is 151 Å². The van der Waals surface area contributed by atoms with Crippen LogP contribution in [0.15, 0.2) is 36.5 Å². The minimum Gasteiger partial charge on any atom is -0.395 e. The molecule has 0 unspecified atom stereocenters. The predicted octanol–water partition coefficient (Wildman–Crippen LogP) is 2.75. The highest BCUT2D eigenvalue weighted by Gasteiger charge is 2.43. The standard InChI is InChI=1S/C18H12F2N4O3/c19-18(20)26-14-2-1-9(7-15(14)27-18)16-21-5-4-12(24-16)13-8-10-11(23-13)3-6-22-17(10)25/h1-2,4-5,7-8,23H,3,6H2,(H,22,25). The van der Waals surface area contributed by atoms with Crippen LogP contribution in [-0.4, -0.2) is 33.7 Å². The van der Waals surface area contributed by atoms with Crippen molar-refractivity contribution in [2.75, 3.05) is 6.54 Å². The van der Waals surface area contributed by atoms with Crippen LogP contribution in [0.4, 0.5) is 8.78 Å². The van der Waals surface area contributed by atoms with E-state index in [1.807, 2.05) is 0 Å². The molecule has 1 amide bonds. The second-order valence-corrected chi connectivity index (χ2v) is 6.18. The average molecular weight is 370 g/mol. The van der Waals surface area contributed by atoms with Crippen LogP contribution in [0.1, 0.15) is 16.1 Å². The number of H-pyrrole nitrogens is 1. The molecule has 27 heavy (non-hydrogen) atoms. The lowest BCUT2D eigenvalue weighted by Crippen LogP contribution is -2.31. The fraction of sp³-hybridized carbons (Fsp3) is 0.167. The van der Waals surface area contributed by atoms with Crippen LogP contribution in [0, 0.1) is 0 Å². The number of carbonyl (C=O) groups excluding carboxylic acids is 1. The van der Waals surface area contributed by atoms with Gasteiger partial charge in [0.05, 0.1) is 17.0 Å². The first-order valence-electron chi connectivity index (χ1n) is 8.22. The molecule has 0 saturated heterocycles. The second kappa shape index (κ2) is 5.50. The van der Waals surface area contributed by atoms with E-state index in [4.69, 9.17) is 0 Å². The summed E-state index contributed by atoms with van der Waals surface area (Å²) in [7, 11) is 0. The normalized spacial score (nSPS) is 16.7. The fourth-order valence-corrected chi connectivity index (χ4v) is 3.17. The van der Waals surface area contributed by atoms with Crippen molar-refractivity contribution in [3.63, 3.8) is 0 Å². The van der Waals surface area contributed by atoms with Gasteiger partial charge in [-0.25, -0.2) is 9.97 Å². The van der Waals surface area contributed by atoms with Crippen LogP contribution in [0.2, 0.25) is 0 Å². The van der Waals surface area contributed by atoms with Crippen molar-refractivity contribution >= 4 is 5.91 Å². The lowest BCUT2D eigenvalue weighted by atomic mass is 10.1. The first kappa shape index (κ1) is 15.7. The van der Waals surface area contributed by atoms with Crippen molar-refractivity contribution in [1.82, 2.24) is 20.3 Å². The molecule has 2 aromatic heterocycles. The maximum atomic E-state index is 13.2. The van der Waals surface area contributed by atoms with Crippen molar-refractivity contribution in [2.45, 2.75) is 12.7 Å². The van der Waals surface area contributed by atoms with Gasteiger partial charge in [-0.15, -0.1) is 8.78 Å². The topological polar surface area (TPSA) is 89.1 Å². The number of alkyl halides is 2. The van der Waals surface area contributed by atoms with E-state index in [-0.39, 0.29) is 17.4 Å². The van der Waals surface area contributed by atoms with E-state index in [1.165, 1.54) is 12.1 Å². The molecule has 0 spiro atoms. The van der Waals surface area contributed by atoms with Crippen LogP contribution in [-0.2, 0) is 6.42 Å². The van der Waals surface area contributed by atoms with E-state index in [9.17, 15) is 13.6 Å². The Morgan fingerprint density at radius 1 is 1.11 bits per heavy atom. The average Bonchev–Trinajstić information content (AvgIpc) is 3.21. The van der Waals surface area contributed by atoms with Gasteiger partial charge in [0.2, 0.25) is 0 Å². The molecule has 9 heteroatoms. The third kappa shape index (κ3) is 2.67. The zero-order chi connectivity index (χ0) is 18.6. The maximum absolute atomic E-state index is 13.2. The maximum Gasteiger partial charge on any atom is 0.586 e. The van der Waals surface area contributed by atoms with E-state index in [1.54, 1.807) is 24.4 Å². The van der Waals surface area contributed by atoms with Crippen LogP contribution in [0.3, 0.4) is 0 Å². The Hall–Kier alpha value is -3.49. The van der Waals surface area contributed by atoms with Crippen LogP contribution in [0.25, 0.3) is 22.8 Å². The molecule has 0 atom stereocenters. The molecule has 5 rings (SSSR count). The van der Waals surface area contributed by atoms with E-state index in [0.717, 1.165) is 12.1 Å². The highest BCUT2D eigenvalue weighted by molar-refractivity contribution is 5.97. The number of aromatic nitrogens is 3. The minimum absolute atomic E-state index is 0.0389. The number of ether oxygens (including phenoxy) is 2. The van der Waals surface area contributed by atoms with E-state index in [2.05, 4.69) is 29.7 Å². The molecule has 2 N–H and O–H groups in total. The van der Waals surface area contributed by atoms with Gasteiger partial charge in [0, 0.05) is 30.4 Å². The molecule has 0 radical (unpaired) electrons. The first-order valence-corrected chi connectivity index (χ1v) is 8.22. The second-order valence-electron chi connectivity index (χ2n) is 6.18. The van der Waals surface area contributed by atoms with Gasteiger partial charge >= 0.3 is 6.29 Å². The van der Waals surface area contributed by atoms with E-state index in [0.29, 0.717) is 34.9 Å². The zero-order valence-corrected chi connectivity index (χ0v) is 13.8. The van der Waals surface area contributed by atoms with Gasteiger partial charge in [0.15, 0.2) is 17.3 Å². The first-order chi connectivity index (χ1) is 13.0. The molecule has 0 fully saturated rings. The SMILES string of the molecule is O=C1NCCc2[nH]c(-c3ccnc(-c4ccc5c(c4)OC(F)(F)O5)n3)cc21. The molecule has 2 aliphatic rings. The number of halogens is 2. The van der Waals surface area contributed by atoms with Gasteiger partial charge in [0.25, 0.3) is 5.91 Å². The van der Waals surface area contributed by atoms with Crippen LogP contribution < -0.4 is 14.8 Å². The summed E-state index contributed by atoms with van der Waals surface area (Å²) in [4.78, 5) is 23.8. The number of aromatic amines is 1. The van der Waals surface area contributed by atoms with Gasteiger partial charge in [-0.2, -0.15) is 0 Å². The number of hydrogen-bond acceptors (Lipinski definition) is 5. The van der Waals surface area contributed by atoms with Gasteiger partial charge < -0.3 is 19.8 Å². The van der Waals surface area contributed by atoms with Crippen LogP contribution in [0.5, 0.6) is 11.5 Å². The minimum atomic E-state index is -3.67. The molecule has 2 aliphatic heterocycles. The fourth-order valence-electron chi connectivity index (χ4n) is 3.17. The summed E-state index contributed by atoms with van der Waals surface area (Å²) >= 11 is 0. The summed E-state index contributed by atoms with van der Waals surface area (Å²) in [6.07, 6.45) is -1.39. The van der Waals surface area contributed by atoms with Gasteiger partial charge in [-0.1, -0.05) is 0 Å². The monoisotopic (exact) mass is 370 g/mol. The highest BCUT2D eigenvalue weighted by Crippen LogP contribution is 2.42. The zero-order valence-electron chi connectivity index (χ0n) is 13.8. The third-order valence-corrected chi connectivity index (χ3v) is 4.40. The summed E-state index contributed by atoms with van der Waals surface area (Å²) in [5, 5.41) is 2.79. The summed E-state index contributed by atoms with van der Waals surface area (Å²) in [6.45, 7) is 0.586. The number of amides is 1. The Balaban J connectivity index is 1.51. The molecule has 0 saturated carbocycles. The van der Waals surface area contributed by atoms with E-state index >= 15 is 0 Å². The van der Waals surface area contributed by atoms with Gasteiger partial charge in [-0.05, 0) is 30.3 Å². The van der Waals surface area contributed by atoms with Crippen molar-refractivity contribution < 1.29 is 23.0 Å². The Bertz CT molecular complexity index is 1080. The number of benzene rings is 1. The lowest BCUT2D eigenvalue weighted by Gasteiger charge is -2.10. The lowest BCUT2D eigenvalue weighted by molar-refractivity contribution is -0.286. The largest absolute Gasteiger partial charge is 0.586 e. The predicted molar refractivity (Wildman–Crippen MR) is 89.5 cm³/mol. The number of nitrogens with zero attached hydrogens (tertiary/aromatic N) is 2. The Morgan fingerprint density at radius 2 is 1.96 bits per heavy atom. The van der Waals surface area contributed by atoms with Crippen molar-refractivity contribution in [3.8, 4) is 34.3 Å². The number of fused-ring (bicyclic) bond motifs is 2. The number of carbonyl (C=O) groups is 1. The Kier molecular flexibility index (Phi) is 3.21. The molecular weight excluding hydrogens is 358 g/mol. The molecular formula is C18H12F2N4O3. The summed E-state index contributed by atoms with van der Waals surface area (Å²) in [6, 6.07) is 7.83. The number of nitrogens with one attached hydrogen (secondary N) is 2. The van der Waals surface area contributed by atoms with Crippen molar-refractivity contribution in [1.29, 1.82) is 0 Å². The highest BCUT2D eigenvalue weighted by atomic mass is 19.3. The third-order valence-electron chi connectivity index (χ3n) is 4.40. The number of hydrogen-bond donors (Lipinski definition) is 2. The molecule has 1 aromatic carbocycles. The molecule has 4 heterocycles. The van der Waals surface area contributed by atoms with Gasteiger partial charge in [-0.3, -0.25) is 4.79 Å².